The quantitative estimate of drug-likeness (QED) is 0.662. The molecule has 3 N–H and O–H groups in total. The SMILES string of the molecule is Nc1ccc(Sc2cccc(C(F)(F)F)c2)cc1NC=O. The third-order valence-corrected chi connectivity index (χ3v) is 3.62. The summed E-state index contributed by atoms with van der Waals surface area (Å²) in [6, 6.07) is 9.91. The zero-order valence-electron chi connectivity index (χ0n) is 10.6. The molecule has 0 aliphatic heterocycles. The van der Waals surface area contributed by atoms with Crippen LogP contribution in [0.5, 0.6) is 0 Å². The third-order valence-electron chi connectivity index (χ3n) is 2.64. The van der Waals surface area contributed by atoms with Crippen LogP contribution in [0.3, 0.4) is 0 Å². The van der Waals surface area contributed by atoms with Gasteiger partial charge in [-0.15, -0.1) is 0 Å². The highest BCUT2D eigenvalue weighted by atomic mass is 32.2. The topological polar surface area (TPSA) is 55.1 Å². The Kier molecular flexibility index (Phi) is 4.42. The van der Waals surface area contributed by atoms with Gasteiger partial charge in [-0.05, 0) is 36.4 Å². The minimum Gasteiger partial charge on any atom is -0.397 e. The molecule has 0 aromatic heterocycles. The Labute approximate surface area is 123 Å². The van der Waals surface area contributed by atoms with Crippen molar-refractivity contribution in [2.75, 3.05) is 11.1 Å². The van der Waals surface area contributed by atoms with E-state index in [1.165, 1.54) is 6.07 Å². The predicted octanol–water partition coefficient (Wildman–Crippen LogP) is 4.01. The van der Waals surface area contributed by atoms with Crippen LogP contribution in [0.1, 0.15) is 5.56 Å². The molecule has 0 radical (unpaired) electrons. The van der Waals surface area contributed by atoms with E-state index in [1.54, 1.807) is 24.3 Å². The van der Waals surface area contributed by atoms with Crippen molar-refractivity contribution < 1.29 is 18.0 Å². The molecule has 2 aromatic carbocycles. The third kappa shape index (κ3) is 3.91. The summed E-state index contributed by atoms with van der Waals surface area (Å²) in [5, 5.41) is 2.44. The van der Waals surface area contributed by atoms with Gasteiger partial charge in [0.15, 0.2) is 0 Å². The Hall–Kier alpha value is -2.15. The van der Waals surface area contributed by atoms with Gasteiger partial charge in [0, 0.05) is 9.79 Å². The Morgan fingerprint density at radius 3 is 2.48 bits per heavy atom. The normalized spacial score (nSPS) is 11.2. The number of hydrogen-bond donors (Lipinski definition) is 2. The average molecular weight is 312 g/mol. The van der Waals surface area contributed by atoms with Crippen LogP contribution in [0.15, 0.2) is 52.3 Å². The summed E-state index contributed by atoms with van der Waals surface area (Å²) in [7, 11) is 0. The van der Waals surface area contributed by atoms with Crippen molar-refractivity contribution in [2.24, 2.45) is 0 Å². The number of carbonyl (C=O) groups excluding carboxylic acids is 1. The molecule has 0 saturated heterocycles. The maximum Gasteiger partial charge on any atom is 0.416 e. The van der Waals surface area contributed by atoms with E-state index in [-0.39, 0.29) is 0 Å². The molecule has 0 heterocycles. The molecule has 0 aliphatic rings. The fourth-order valence-electron chi connectivity index (χ4n) is 1.66. The molecule has 0 bridgehead atoms. The molecule has 110 valence electrons. The number of nitrogens with one attached hydrogen (secondary N) is 1. The minimum absolute atomic E-state index is 0.385. The molecule has 1 amide bonds. The Morgan fingerprint density at radius 1 is 1.10 bits per heavy atom. The predicted molar refractivity (Wildman–Crippen MR) is 76.1 cm³/mol. The molecule has 0 aliphatic carbocycles. The summed E-state index contributed by atoms with van der Waals surface area (Å²) in [4.78, 5) is 11.6. The largest absolute Gasteiger partial charge is 0.416 e. The van der Waals surface area contributed by atoms with Gasteiger partial charge >= 0.3 is 6.18 Å². The second-order valence-electron chi connectivity index (χ2n) is 4.14. The second-order valence-corrected chi connectivity index (χ2v) is 5.29. The molecule has 3 nitrogen and oxygen atoms in total. The molecule has 0 fully saturated rings. The number of nitrogen functional groups attached to an aromatic ring is 1. The van der Waals surface area contributed by atoms with Crippen LogP contribution in [0.25, 0.3) is 0 Å². The zero-order valence-corrected chi connectivity index (χ0v) is 11.5. The van der Waals surface area contributed by atoms with Crippen molar-refractivity contribution in [1.29, 1.82) is 0 Å². The maximum atomic E-state index is 12.6. The first kappa shape index (κ1) is 15.2. The van der Waals surface area contributed by atoms with Gasteiger partial charge in [-0.3, -0.25) is 4.79 Å². The number of rotatable bonds is 4. The number of carbonyl (C=O) groups is 1. The van der Waals surface area contributed by atoms with E-state index < -0.39 is 11.7 Å². The van der Waals surface area contributed by atoms with Crippen LogP contribution in [0.2, 0.25) is 0 Å². The molecule has 0 saturated carbocycles. The lowest BCUT2D eigenvalue weighted by Crippen LogP contribution is -2.04. The number of anilines is 2. The maximum absolute atomic E-state index is 12.6. The van der Waals surface area contributed by atoms with Gasteiger partial charge in [0.2, 0.25) is 6.41 Å². The standard InChI is InChI=1S/C14H11F3N2OS/c15-14(16,17)9-2-1-3-10(6-9)21-11-4-5-12(18)13(7-11)19-8-20/h1-8H,18H2,(H,19,20). The first-order valence-corrected chi connectivity index (χ1v) is 6.66. The smallest absolute Gasteiger partial charge is 0.397 e. The average Bonchev–Trinajstić information content (AvgIpc) is 2.42. The molecule has 7 heteroatoms. The van der Waals surface area contributed by atoms with Gasteiger partial charge in [-0.2, -0.15) is 13.2 Å². The monoisotopic (exact) mass is 312 g/mol. The van der Waals surface area contributed by atoms with Crippen LogP contribution in [-0.2, 0) is 11.0 Å². The molecule has 2 aromatic rings. The van der Waals surface area contributed by atoms with E-state index in [0.29, 0.717) is 27.6 Å². The number of halogens is 3. The van der Waals surface area contributed by atoms with Crippen molar-refractivity contribution >= 4 is 29.5 Å². The van der Waals surface area contributed by atoms with Gasteiger partial charge < -0.3 is 11.1 Å². The molecular weight excluding hydrogens is 301 g/mol. The number of alkyl halides is 3. The van der Waals surface area contributed by atoms with Crippen molar-refractivity contribution in [1.82, 2.24) is 0 Å². The number of hydrogen-bond acceptors (Lipinski definition) is 3. The molecule has 0 atom stereocenters. The van der Waals surface area contributed by atoms with Crippen LogP contribution < -0.4 is 11.1 Å². The minimum atomic E-state index is -4.37. The van der Waals surface area contributed by atoms with Crippen molar-refractivity contribution in [3.05, 3.63) is 48.0 Å². The fraction of sp³-hybridized carbons (Fsp3) is 0.0714. The van der Waals surface area contributed by atoms with Crippen LogP contribution in [0.4, 0.5) is 24.5 Å². The van der Waals surface area contributed by atoms with E-state index in [9.17, 15) is 18.0 Å². The highest BCUT2D eigenvalue weighted by molar-refractivity contribution is 7.99. The lowest BCUT2D eigenvalue weighted by atomic mass is 10.2. The van der Waals surface area contributed by atoms with E-state index in [1.807, 2.05) is 0 Å². The fourth-order valence-corrected chi connectivity index (χ4v) is 2.58. The number of benzene rings is 2. The van der Waals surface area contributed by atoms with E-state index in [2.05, 4.69) is 5.32 Å². The molecule has 21 heavy (non-hydrogen) atoms. The summed E-state index contributed by atoms with van der Waals surface area (Å²) in [5.74, 6) is 0. The molecular formula is C14H11F3N2OS. The van der Waals surface area contributed by atoms with Crippen LogP contribution in [0, 0.1) is 0 Å². The van der Waals surface area contributed by atoms with Gasteiger partial charge in [0.05, 0.1) is 16.9 Å². The second kappa shape index (κ2) is 6.09. The summed E-state index contributed by atoms with van der Waals surface area (Å²) < 4.78 is 37.9. The zero-order chi connectivity index (χ0) is 15.5. The van der Waals surface area contributed by atoms with Crippen molar-refractivity contribution in [2.45, 2.75) is 16.0 Å². The summed E-state index contributed by atoms with van der Waals surface area (Å²) in [6.07, 6.45) is -3.88. The van der Waals surface area contributed by atoms with Gasteiger partial charge in [0.1, 0.15) is 0 Å². The highest BCUT2D eigenvalue weighted by Crippen LogP contribution is 2.35. The van der Waals surface area contributed by atoms with Crippen LogP contribution in [-0.4, -0.2) is 6.41 Å². The lowest BCUT2D eigenvalue weighted by molar-refractivity contribution is -0.137. The highest BCUT2D eigenvalue weighted by Gasteiger charge is 2.30. The summed E-state index contributed by atoms with van der Waals surface area (Å²) >= 11 is 1.16. The number of amides is 1. The van der Waals surface area contributed by atoms with Gasteiger partial charge in [-0.25, -0.2) is 0 Å². The van der Waals surface area contributed by atoms with Crippen molar-refractivity contribution in [3.63, 3.8) is 0 Å². The molecule has 0 unspecified atom stereocenters. The first-order chi connectivity index (χ1) is 9.90. The van der Waals surface area contributed by atoms with E-state index >= 15 is 0 Å². The Morgan fingerprint density at radius 2 is 1.81 bits per heavy atom. The molecule has 0 spiro atoms. The van der Waals surface area contributed by atoms with Crippen LogP contribution >= 0.6 is 11.8 Å². The van der Waals surface area contributed by atoms with Crippen molar-refractivity contribution in [3.8, 4) is 0 Å². The van der Waals surface area contributed by atoms with Gasteiger partial charge in [0.25, 0.3) is 0 Å². The summed E-state index contributed by atoms with van der Waals surface area (Å²) in [6.45, 7) is 0. The van der Waals surface area contributed by atoms with Gasteiger partial charge in [-0.1, -0.05) is 17.8 Å². The van der Waals surface area contributed by atoms with E-state index in [0.717, 1.165) is 23.9 Å². The number of nitrogens with two attached hydrogens (primary N) is 1. The van der Waals surface area contributed by atoms with E-state index in [4.69, 9.17) is 5.73 Å². The first-order valence-electron chi connectivity index (χ1n) is 5.85. The Bertz CT molecular complexity index is 659. The Balaban J connectivity index is 2.26. The lowest BCUT2D eigenvalue weighted by Gasteiger charge is -2.10. The summed E-state index contributed by atoms with van der Waals surface area (Å²) in [5.41, 5.74) is 5.77. The molecule has 2 rings (SSSR count).